The Morgan fingerprint density at radius 2 is 1.88 bits per heavy atom. The van der Waals surface area contributed by atoms with E-state index in [-0.39, 0.29) is 24.1 Å². The molecule has 5 nitrogen and oxygen atoms in total. The average Bonchev–Trinajstić information content (AvgIpc) is 2.60. The van der Waals surface area contributed by atoms with Crippen LogP contribution in [0, 0.1) is 5.82 Å². The molecule has 2 aromatic carbocycles. The molecule has 2 rings (SSSR count). The largest absolute Gasteiger partial charge is 0.497 e. The van der Waals surface area contributed by atoms with E-state index in [1.54, 1.807) is 32.4 Å². The van der Waals surface area contributed by atoms with E-state index in [9.17, 15) is 9.18 Å². The molecule has 0 bridgehead atoms. The summed E-state index contributed by atoms with van der Waals surface area (Å²) in [6, 6.07) is 9.22. The molecule has 0 unspecified atom stereocenters. The fourth-order valence-corrected chi connectivity index (χ4v) is 2.13. The Morgan fingerprint density at radius 3 is 2.54 bits per heavy atom. The SMILES string of the molecule is COc1ccc(CNC(=O)COc2ccc(F)c(Cl)c2)c(OC)c1. The Bertz CT molecular complexity index is 724. The van der Waals surface area contributed by atoms with Crippen LogP contribution in [0.25, 0.3) is 0 Å². The van der Waals surface area contributed by atoms with Gasteiger partial charge < -0.3 is 19.5 Å². The summed E-state index contributed by atoms with van der Waals surface area (Å²) >= 11 is 5.65. The van der Waals surface area contributed by atoms with Gasteiger partial charge in [0.1, 0.15) is 23.1 Å². The van der Waals surface area contributed by atoms with E-state index in [0.717, 1.165) is 5.56 Å². The molecule has 0 heterocycles. The molecule has 7 heteroatoms. The topological polar surface area (TPSA) is 56.8 Å². The molecule has 24 heavy (non-hydrogen) atoms. The third-order valence-corrected chi connectivity index (χ3v) is 3.52. The van der Waals surface area contributed by atoms with Gasteiger partial charge in [0.05, 0.1) is 19.2 Å². The van der Waals surface area contributed by atoms with Crippen molar-refractivity contribution in [3.63, 3.8) is 0 Å². The van der Waals surface area contributed by atoms with Gasteiger partial charge in [-0.15, -0.1) is 0 Å². The van der Waals surface area contributed by atoms with Crippen molar-refractivity contribution >= 4 is 17.5 Å². The lowest BCUT2D eigenvalue weighted by atomic mass is 10.2. The number of carbonyl (C=O) groups excluding carboxylic acids is 1. The van der Waals surface area contributed by atoms with Crippen molar-refractivity contribution in [2.45, 2.75) is 6.54 Å². The highest BCUT2D eigenvalue weighted by atomic mass is 35.5. The van der Waals surface area contributed by atoms with Crippen molar-refractivity contribution in [1.82, 2.24) is 5.32 Å². The summed E-state index contributed by atoms with van der Waals surface area (Å²) in [6.07, 6.45) is 0. The fourth-order valence-electron chi connectivity index (χ4n) is 1.96. The second-order valence-corrected chi connectivity index (χ2v) is 5.23. The van der Waals surface area contributed by atoms with Crippen molar-refractivity contribution in [3.8, 4) is 17.2 Å². The first kappa shape index (κ1) is 17.9. The van der Waals surface area contributed by atoms with Gasteiger partial charge in [0.25, 0.3) is 5.91 Å². The van der Waals surface area contributed by atoms with Crippen LogP contribution >= 0.6 is 11.6 Å². The van der Waals surface area contributed by atoms with Gasteiger partial charge in [-0.2, -0.15) is 0 Å². The Morgan fingerprint density at radius 1 is 1.12 bits per heavy atom. The van der Waals surface area contributed by atoms with E-state index < -0.39 is 5.82 Å². The quantitative estimate of drug-likeness (QED) is 0.830. The zero-order chi connectivity index (χ0) is 17.5. The number of benzene rings is 2. The highest BCUT2D eigenvalue weighted by molar-refractivity contribution is 6.30. The highest BCUT2D eigenvalue weighted by Crippen LogP contribution is 2.24. The minimum absolute atomic E-state index is 0.0594. The number of halogens is 2. The first-order chi connectivity index (χ1) is 11.5. The average molecular weight is 354 g/mol. The van der Waals surface area contributed by atoms with Gasteiger partial charge in [-0.05, 0) is 24.3 Å². The predicted octanol–water partition coefficient (Wildman–Crippen LogP) is 3.19. The summed E-state index contributed by atoms with van der Waals surface area (Å²) in [5, 5.41) is 2.66. The second-order valence-electron chi connectivity index (χ2n) is 4.82. The first-order valence-electron chi connectivity index (χ1n) is 7.09. The van der Waals surface area contributed by atoms with Gasteiger partial charge in [0, 0.05) is 24.2 Å². The molecule has 0 atom stereocenters. The summed E-state index contributed by atoms with van der Waals surface area (Å²) in [5.41, 5.74) is 0.802. The number of hydrogen-bond donors (Lipinski definition) is 1. The number of ether oxygens (including phenoxy) is 3. The summed E-state index contributed by atoms with van der Waals surface area (Å²) in [7, 11) is 3.11. The Kier molecular flexibility index (Phi) is 6.26. The van der Waals surface area contributed by atoms with E-state index in [1.165, 1.54) is 18.2 Å². The second kappa shape index (κ2) is 8.40. The van der Waals surface area contributed by atoms with Gasteiger partial charge >= 0.3 is 0 Å². The lowest BCUT2D eigenvalue weighted by Crippen LogP contribution is -2.28. The van der Waals surface area contributed by atoms with Gasteiger partial charge in [0.15, 0.2) is 6.61 Å². The molecular formula is C17H17ClFNO4. The third kappa shape index (κ3) is 4.76. The first-order valence-corrected chi connectivity index (χ1v) is 7.46. The maximum atomic E-state index is 13.0. The molecule has 1 amide bonds. The van der Waals surface area contributed by atoms with Crippen LogP contribution in [0.5, 0.6) is 17.2 Å². The Balaban J connectivity index is 1.88. The molecule has 128 valence electrons. The molecule has 0 saturated carbocycles. The number of amides is 1. The molecule has 0 saturated heterocycles. The van der Waals surface area contributed by atoms with E-state index in [4.69, 9.17) is 25.8 Å². The zero-order valence-corrected chi connectivity index (χ0v) is 14.0. The normalized spacial score (nSPS) is 10.2. The molecule has 0 fully saturated rings. The van der Waals surface area contributed by atoms with Gasteiger partial charge in [-0.25, -0.2) is 4.39 Å². The summed E-state index contributed by atoms with van der Waals surface area (Å²) in [4.78, 5) is 11.9. The molecular weight excluding hydrogens is 337 g/mol. The Labute approximate surface area is 144 Å². The monoisotopic (exact) mass is 353 g/mol. The predicted molar refractivity (Wildman–Crippen MR) is 88.3 cm³/mol. The molecule has 2 aromatic rings. The van der Waals surface area contributed by atoms with Crippen molar-refractivity contribution in [2.24, 2.45) is 0 Å². The number of nitrogens with one attached hydrogen (secondary N) is 1. The highest BCUT2D eigenvalue weighted by Gasteiger charge is 2.08. The zero-order valence-electron chi connectivity index (χ0n) is 13.3. The summed E-state index contributed by atoms with van der Waals surface area (Å²) in [5.74, 6) is 0.728. The van der Waals surface area contributed by atoms with E-state index in [1.807, 2.05) is 0 Å². The summed E-state index contributed by atoms with van der Waals surface area (Å²) < 4.78 is 28.7. The van der Waals surface area contributed by atoms with Crippen LogP contribution in [0.15, 0.2) is 36.4 Å². The molecule has 0 aliphatic rings. The van der Waals surface area contributed by atoms with E-state index in [0.29, 0.717) is 17.2 Å². The number of methoxy groups -OCH3 is 2. The lowest BCUT2D eigenvalue weighted by molar-refractivity contribution is -0.123. The molecule has 0 spiro atoms. The Hall–Kier alpha value is -2.47. The van der Waals surface area contributed by atoms with E-state index >= 15 is 0 Å². The summed E-state index contributed by atoms with van der Waals surface area (Å²) in [6.45, 7) is 0.0694. The molecule has 0 aliphatic carbocycles. The number of rotatable bonds is 7. The van der Waals surface area contributed by atoms with Crippen LogP contribution in [0.3, 0.4) is 0 Å². The maximum absolute atomic E-state index is 13.0. The minimum atomic E-state index is -0.542. The molecule has 0 radical (unpaired) electrons. The van der Waals surface area contributed by atoms with Crippen molar-refractivity contribution in [3.05, 3.63) is 52.8 Å². The van der Waals surface area contributed by atoms with Crippen LogP contribution < -0.4 is 19.5 Å². The van der Waals surface area contributed by atoms with Crippen LogP contribution in [-0.4, -0.2) is 26.7 Å². The van der Waals surface area contributed by atoms with Crippen LogP contribution in [0.2, 0.25) is 5.02 Å². The smallest absolute Gasteiger partial charge is 0.258 e. The van der Waals surface area contributed by atoms with Crippen molar-refractivity contribution in [2.75, 3.05) is 20.8 Å². The molecule has 0 aromatic heterocycles. The van der Waals surface area contributed by atoms with E-state index in [2.05, 4.69) is 5.32 Å². The van der Waals surface area contributed by atoms with Crippen molar-refractivity contribution < 1.29 is 23.4 Å². The molecule has 1 N–H and O–H groups in total. The maximum Gasteiger partial charge on any atom is 0.258 e. The van der Waals surface area contributed by atoms with Crippen LogP contribution in [0.1, 0.15) is 5.56 Å². The van der Waals surface area contributed by atoms with Gasteiger partial charge in [-0.1, -0.05) is 11.6 Å². The van der Waals surface area contributed by atoms with Gasteiger partial charge in [-0.3, -0.25) is 4.79 Å². The minimum Gasteiger partial charge on any atom is -0.497 e. The molecule has 0 aliphatic heterocycles. The number of carbonyl (C=O) groups is 1. The number of hydrogen-bond acceptors (Lipinski definition) is 4. The van der Waals surface area contributed by atoms with Crippen LogP contribution in [0.4, 0.5) is 4.39 Å². The standard InChI is InChI=1S/C17H17ClFNO4/c1-22-12-4-3-11(16(8-12)23-2)9-20-17(21)10-24-13-5-6-15(19)14(18)7-13/h3-8H,9-10H2,1-2H3,(H,20,21). The fraction of sp³-hybridized carbons (Fsp3) is 0.235. The third-order valence-electron chi connectivity index (χ3n) is 3.23. The van der Waals surface area contributed by atoms with Gasteiger partial charge in [0.2, 0.25) is 0 Å². The van der Waals surface area contributed by atoms with Crippen molar-refractivity contribution in [1.29, 1.82) is 0 Å². The lowest BCUT2D eigenvalue weighted by Gasteiger charge is -2.12. The van der Waals surface area contributed by atoms with Crippen LogP contribution in [-0.2, 0) is 11.3 Å².